The van der Waals surface area contributed by atoms with Crippen molar-refractivity contribution in [2.24, 2.45) is 12.1 Å². The number of thiocarbonyl (C=S) groups is 1. The normalized spacial score (nSPS) is 10.7. The molecule has 2 N–H and O–H groups in total. The van der Waals surface area contributed by atoms with Crippen LogP contribution in [0.5, 0.6) is 11.5 Å². The fourth-order valence-corrected chi connectivity index (χ4v) is 3.57. The minimum atomic E-state index is -0.452. The van der Waals surface area contributed by atoms with Gasteiger partial charge in [0.25, 0.3) is 5.69 Å². The predicted octanol–water partition coefficient (Wildman–Crippen LogP) is 3.21. The Labute approximate surface area is 193 Å². The topological polar surface area (TPSA) is 129 Å². The zero-order valence-electron chi connectivity index (χ0n) is 17.3. The highest BCUT2D eigenvalue weighted by atomic mass is 32.2. The van der Waals surface area contributed by atoms with Crippen molar-refractivity contribution < 1.29 is 14.4 Å². The largest absolute Gasteiger partial charge is 0.493 e. The molecule has 0 aliphatic heterocycles. The van der Waals surface area contributed by atoms with Crippen molar-refractivity contribution in [2.75, 3.05) is 19.5 Å². The number of nitrogens with one attached hydrogen (secondary N) is 2. The number of hydrogen-bond donors (Lipinski definition) is 2. The number of nitro benzene ring substituents is 1. The second kappa shape index (κ2) is 10.5. The van der Waals surface area contributed by atoms with Crippen LogP contribution in [0.2, 0.25) is 0 Å². The highest BCUT2D eigenvalue weighted by molar-refractivity contribution is 7.99. The SMILES string of the molecule is COc1ccc(NC(=S)NN=Cc2ccc(Sc3nncn3C)c([N+](=O)[O-])c2)cc1OC. The Hall–Kier alpha value is -3.71. The zero-order valence-corrected chi connectivity index (χ0v) is 18.9. The summed E-state index contributed by atoms with van der Waals surface area (Å²) in [5.74, 6) is 1.15. The van der Waals surface area contributed by atoms with Crippen molar-refractivity contribution in [1.82, 2.24) is 20.2 Å². The van der Waals surface area contributed by atoms with Gasteiger partial charge in [-0.3, -0.25) is 15.5 Å². The minimum absolute atomic E-state index is 0.0621. The lowest BCUT2D eigenvalue weighted by Gasteiger charge is -2.11. The van der Waals surface area contributed by atoms with Gasteiger partial charge < -0.3 is 19.4 Å². The van der Waals surface area contributed by atoms with Crippen LogP contribution in [0, 0.1) is 10.1 Å². The summed E-state index contributed by atoms with van der Waals surface area (Å²) in [6, 6.07) is 10.0. The lowest BCUT2D eigenvalue weighted by atomic mass is 10.2. The van der Waals surface area contributed by atoms with E-state index in [-0.39, 0.29) is 10.8 Å². The van der Waals surface area contributed by atoms with E-state index in [2.05, 4.69) is 26.0 Å². The highest BCUT2D eigenvalue weighted by Gasteiger charge is 2.17. The fraction of sp³-hybridized carbons (Fsp3) is 0.158. The third-order valence-electron chi connectivity index (χ3n) is 4.07. The molecule has 0 saturated carbocycles. The van der Waals surface area contributed by atoms with Crippen LogP contribution in [0.3, 0.4) is 0 Å². The van der Waals surface area contributed by atoms with Crippen LogP contribution in [0.25, 0.3) is 0 Å². The second-order valence-corrected chi connectivity index (χ2v) is 7.62. The summed E-state index contributed by atoms with van der Waals surface area (Å²) in [6.07, 6.45) is 2.96. The molecule has 0 bridgehead atoms. The molecule has 3 aromatic rings. The Balaban J connectivity index is 1.66. The van der Waals surface area contributed by atoms with Crippen molar-refractivity contribution in [3.05, 3.63) is 58.4 Å². The van der Waals surface area contributed by atoms with E-state index in [1.165, 1.54) is 18.6 Å². The molecule has 0 aliphatic rings. The van der Waals surface area contributed by atoms with Gasteiger partial charge in [-0.25, -0.2) is 0 Å². The van der Waals surface area contributed by atoms with E-state index in [1.54, 1.807) is 56.2 Å². The summed E-state index contributed by atoms with van der Waals surface area (Å²) in [5.41, 5.74) is 3.82. The molecule has 0 fully saturated rings. The molecular weight excluding hydrogens is 454 g/mol. The second-order valence-electron chi connectivity index (χ2n) is 6.20. The van der Waals surface area contributed by atoms with Crippen molar-refractivity contribution in [1.29, 1.82) is 0 Å². The molecule has 1 heterocycles. The molecule has 13 heteroatoms. The van der Waals surface area contributed by atoms with Crippen molar-refractivity contribution in [2.45, 2.75) is 10.1 Å². The number of aryl methyl sites for hydroxylation is 1. The van der Waals surface area contributed by atoms with E-state index in [9.17, 15) is 10.1 Å². The van der Waals surface area contributed by atoms with Gasteiger partial charge in [-0.05, 0) is 42.2 Å². The zero-order chi connectivity index (χ0) is 23.1. The molecule has 0 atom stereocenters. The van der Waals surface area contributed by atoms with E-state index >= 15 is 0 Å². The molecule has 0 amide bonds. The Morgan fingerprint density at radius 2 is 2.03 bits per heavy atom. The Morgan fingerprint density at radius 3 is 2.69 bits per heavy atom. The number of anilines is 1. The van der Waals surface area contributed by atoms with Gasteiger partial charge in [-0.2, -0.15) is 5.10 Å². The number of hydrazone groups is 1. The Morgan fingerprint density at radius 1 is 1.25 bits per heavy atom. The van der Waals surface area contributed by atoms with Gasteiger partial charge in [0.2, 0.25) is 0 Å². The molecule has 0 spiro atoms. The molecule has 2 aromatic carbocycles. The van der Waals surface area contributed by atoms with E-state index < -0.39 is 4.92 Å². The van der Waals surface area contributed by atoms with Gasteiger partial charge in [0.1, 0.15) is 6.33 Å². The number of hydrogen-bond acceptors (Lipinski definition) is 9. The van der Waals surface area contributed by atoms with Crippen LogP contribution in [-0.4, -0.2) is 45.2 Å². The summed E-state index contributed by atoms with van der Waals surface area (Å²) in [6.45, 7) is 0. The Bertz CT molecular complexity index is 1170. The van der Waals surface area contributed by atoms with Crippen LogP contribution < -0.4 is 20.2 Å². The molecule has 0 saturated heterocycles. The van der Waals surface area contributed by atoms with E-state index in [1.807, 2.05) is 0 Å². The average molecular weight is 474 g/mol. The smallest absolute Gasteiger partial charge is 0.283 e. The quantitative estimate of drug-likeness (QED) is 0.218. The van der Waals surface area contributed by atoms with Gasteiger partial charge in [0.05, 0.1) is 30.3 Å². The first-order valence-electron chi connectivity index (χ1n) is 9.03. The van der Waals surface area contributed by atoms with Crippen LogP contribution >= 0.6 is 24.0 Å². The van der Waals surface area contributed by atoms with Crippen molar-refractivity contribution >= 4 is 46.7 Å². The molecule has 3 rings (SSSR count). The van der Waals surface area contributed by atoms with Crippen LogP contribution in [0.1, 0.15) is 5.56 Å². The monoisotopic (exact) mass is 473 g/mol. The van der Waals surface area contributed by atoms with Crippen LogP contribution in [-0.2, 0) is 7.05 Å². The van der Waals surface area contributed by atoms with E-state index in [0.29, 0.717) is 32.8 Å². The molecule has 11 nitrogen and oxygen atoms in total. The van der Waals surface area contributed by atoms with E-state index in [0.717, 1.165) is 11.8 Å². The molecule has 0 aliphatic carbocycles. The van der Waals surface area contributed by atoms with Gasteiger partial charge in [-0.1, -0.05) is 6.07 Å². The third kappa shape index (κ3) is 5.70. The first-order chi connectivity index (χ1) is 15.4. The number of benzene rings is 2. The average Bonchev–Trinajstić information content (AvgIpc) is 3.18. The highest BCUT2D eigenvalue weighted by Crippen LogP contribution is 2.34. The number of methoxy groups -OCH3 is 2. The number of rotatable bonds is 8. The number of ether oxygens (including phenoxy) is 2. The first kappa shape index (κ1) is 23.0. The molecule has 0 unspecified atom stereocenters. The minimum Gasteiger partial charge on any atom is -0.493 e. The van der Waals surface area contributed by atoms with Gasteiger partial charge >= 0.3 is 0 Å². The summed E-state index contributed by atoms with van der Waals surface area (Å²) < 4.78 is 12.1. The molecule has 0 radical (unpaired) electrons. The van der Waals surface area contributed by atoms with Gasteiger partial charge in [0, 0.05) is 30.4 Å². The summed E-state index contributed by atoms with van der Waals surface area (Å²) >= 11 is 6.38. The van der Waals surface area contributed by atoms with Gasteiger partial charge in [-0.15, -0.1) is 10.2 Å². The summed E-state index contributed by atoms with van der Waals surface area (Å²) in [7, 11) is 4.86. The predicted molar refractivity (Wildman–Crippen MR) is 125 cm³/mol. The maximum atomic E-state index is 11.5. The van der Waals surface area contributed by atoms with Crippen LogP contribution in [0.4, 0.5) is 11.4 Å². The van der Waals surface area contributed by atoms with Crippen molar-refractivity contribution in [3.8, 4) is 11.5 Å². The molecule has 166 valence electrons. The van der Waals surface area contributed by atoms with E-state index in [4.69, 9.17) is 21.7 Å². The lowest BCUT2D eigenvalue weighted by Crippen LogP contribution is -2.23. The van der Waals surface area contributed by atoms with Gasteiger partial charge in [0.15, 0.2) is 21.8 Å². The molecule has 32 heavy (non-hydrogen) atoms. The fourth-order valence-electron chi connectivity index (χ4n) is 2.55. The molecular formula is C19H19N7O4S2. The summed E-state index contributed by atoms with van der Waals surface area (Å²) in [4.78, 5) is 11.5. The molecule has 1 aromatic heterocycles. The number of nitro groups is 1. The number of nitrogens with zero attached hydrogens (tertiary/aromatic N) is 5. The summed E-state index contributed by atoms with van der Waals surface area (Å²) in [5, 5.41) is 27.0. The third-order valence-corrected chi connectivity index (χ3v) is 5.38. The lowest BCUT2D eigenvalue weighted by molar-refractivity contribution is -0.387. The van der Waals surface area contributed by atoms with Crippen molar-refractivity contribution in [3.63, 3.8) is 0 Å². The maximum Gasteiger partial charge on any atom is 0.283 e. The first-order valence-corrected chi connectivity index (χ1v) is 10.3. The standard InChI is InChI=1S/C19H19N7O4S2/c1-25-11-21-24-19(25)32-17-7-4-12(8-14(17)26(27)28)10-20-23-18(31)22-13-5-6-15(29-2)16(9-13)30-3/h4-11H,1-3H3,(H2,22,23,31). The Kier molecular flexibility index (Phi) is 7.57. The number of aromatic nitrogens is 3. The maximum absolute atomic E-state index is 11.5. The van der Waals surface area contributed by atoms with Crippen LogP contribution in [0.15, 0.2) is 57.9 Å².